The Balaban J connectivity index is 2.70. The van der Waals surface area contributed by atoms with Gasteiger partial charge in [0, 0.05) is 18.1 Å². The zero-order valence-corrected chi connectivity index (χ0v) is 11.0. The van der Waals surface area contributed by atoms with Gasteiger partial charge in [-0.3, -0.25) is 10.3 Å². The van der Waals surface area contributed by atoms with Crippen molar-refractivity contribution < 1.29 is 0 Å². The summed E-state index contributed by atoms with van der Waals surface area (Å²) in [6.45, 7) is 6.34. The van der Waals surface area contributed by atoms with Crippen molar-refractivity contribution >= 4 is 11.6 Å². The summed E-state index contributed by atoms with van der Waals surface area (Å²) in [6, 6.07) is 3.80. The predicted molar refractivity (Wildman–Crippen MR) is 73.0 cm³/mol. The van der Waals surface area contributed by atoms with E-state index in [1.54, 1.807) is 12.4 Å². The van der Waals surface area contributed by atoms with Crippen LogP contribution in [0.5, 0.6) is 0 Å². The molecule has 0 saturated carbocycles. The minimum Gasteiger partial charge on any atom is -0.325 e. The summed E-state index contributed by atoms with van der Waals surface area (Å²) in [7, 11) is 0. The largest absolute Gasteiger partial charge is 0.325 e. The summed E-state index contributed by atoms with van der Waals surface area (Å²) in [4.78, 5) is 8.39. The Hall–Kier alpha value is -2.09. The molecule has 0 aliphatic rings. The zero-order chi connectivity index (χ0) is 13.4. The number of nitrogens with zero attached hydrogens (tertiary/aromatic N) is 3. The standard InChI is InChI=1S/C13H19N5/c1-10(2)8-11(3)17-13(16-9-14)18-12-4-6-15-7-5-12/h4-7,10-11H,8H2,1-3H3,(H2,15,16,17,18)/t11-/m1/s1. The van der Waals surface area contributed by atoms with E-state index in [-0.39, 0.29) is 6.04 Å². The first-order chi connectivity index (χ1) is 8.61. The van der Waals surface area contributed by atoms with Gasteiger partial charge >= 0.3 is 0 Å². The van der Waals surface area contributed by atoms with Crippen molar-refractivity contribution in [1.29, 1.82) is 5.26 Å². The predicted octanol–water partition coefficient (Wildman–Crippen LogP) is 2.35. The highest BCUT2D eigenvalue weighted by Crippen LogP contribution is 2.08. The number of nitrogens with one attached hydrogen (secondary N) is 2. The van der Waals surface area contributed by atoms with Crippen LogP contribution in [0.25, 0.3) is 0 Å². The van der Waals surface area contributed by atoms with Crippen molar-refractivity contribution in [2.75, 3.05) is 5.32 Å². The SMILES string of the molecule is CC(C)C[C@@H](C)N=C(NC#N)Nc1ccncc1. The van der Waals surface area contributed by atoms with Crippen LogP contribution in [0.4, 0.5) is 5.69 Å². The van der Waals surface area contributed by atoms with Crippen molar-refractivity contribution in [3.63, 3.8) is 0 Å². The molecule has 1 aromatic heterocycles. The van der Waals surface area contributed by atoms with E-state index in [1.165, 1.54) is 0 Å². The Morgan fingerprint density at radius 3 is 2.61 bits per heavy atom. The third kappa shape index (κ3) is 5.30. The summed E-state index contributed by atoms with van der Waals surface area (Å²) >= 11 is 0. The normalized spacial score (nSPS) is 12.9. The Kier molecular flexibility index (Phi) is 5.65. The second-order valence-electron chi connectivity index (χ2n) is 4.55. The molecular formula is C13H19N5. The summed E-state index contributed by atoms with van der Waals surface area (Å²) in [5.74, 6) is 1.05. The molecule has 0 radical (unpaired) electrons. The molecule has 2 N–H and O–H groups in total. The van der Waals surface area contributed by atoms with E-state index in [9.17, 15) is 0 Å². The second-order valence-corrected chi connectivity index (χ2v) is 4.55. The van der Waals surface area contributed by atoms with Crippen LogP contribution in [-0.2, 0) is 0 Å². The average Bonchev–Trinajstić information content (AvgIpc) is 2.29. The maximum atomic E-state index is 8.72. The smallest absolute Gasteiger partial charge is 0.209 e. The maximum Gasteiger partial charge on any atom is 0.209 e. The minimum absolute atomic E-state index is 0.162. The molecule has 0 aliphatic carbocycles. The molecule has 0 aromatic carbocycles. The van der Waals surface area contributed by atoms with Crippen molar-refractivity contribution in [2.24, 2.45) is 10.9 Å². The van der Waals surface area contributed by atoms with E-state index in [0.717, 1.165) is 12.1 Å². The zero-order valence-electron chi connectivity index (χ0n) is 11.0. The topological polar surface area (TPSA) is 73.1 Å². The van der Waals surface area contributed by atoms with Crippen molar-refractivity contribution in [2.45, 2.75) is 33.2 Å². The van der Waals surface area contributed by atoms with Crippen molar-refractivity contribution in [3.05, 3.63) is 24.5 Å². The van der Waals surface area contributed by atoms with E-state index >= 15 is 0 Å². The third-order valence-corrected chi connectivity index (χ3v) is 2.28. The van der Waals surface area contributed by atoms with E-state index in [2.05, 4.69) is 34.5 Å². The molecule has 1 aromatic rings. The number of hydrogen-bond donors (Lipinski definition) is 2. The van der Waals surface area contributed by atoms with E-state index in [1.807, 2.05) is 25.2 Å². The van der Waals surface area contributed by atoms with Gasteiger partial charge in [-0.15, -0.1) is 0 Å². The highest BCUT2D eigenvalue weighted by atomic mass is 15.2. The Bertz CT molecular complexity index is 419. The molecule has 0 aliphatic heterocycles. The van der Waals surface area contributed by atoms with Gasteiger partial charge in [0.25, 0.3) is 0 Å². The monoisotopic (exact) mass is 245 g/mol. The van der Waals surface area contributed by atoms with Crippen LogP contribution in [0.1, 0.15) is 27.2 Å². The molecule has 1 heterocycles. The lowest BCUT2D eigenvalue weighted by molar-refractivity contribution is 0.521. The summed E-state index contributed by atoms with van der Waals surface area (Å²) in [5.41, 5.74) is 0.850. The first-order valence-corrected chi connectivity index (χ1v) is 6.01. The van der Waals surface area contributed by atoms with E-state index in [4.69, 9.17) is 5.26 Å². The quantitative estimate of drug-likeness (QED) is 0.369. The van der Waals surface area contributed by atoms with Gasteiger partial charge in [-0.2, -0.15) is 5.26 Å². The van der Waals surface area contributed by atoms with Crippen LogP contribution in [-0.4, -0.2) is 17.0 Å². The fourth-order valence-corrected chi connectivity index (χ4v) is 1.68. The Morgan fingerprint density at radius 1 is 1.39 bits per heavy atom. The van der Waals surface area contributed by atoms with E-state index < -0.39 is 0 Å². The molecule has 0 fully saturated rings. The maximum absolute atomic E-state index is 8.72. The molecule has 18 heavy (non-hydrogen) atoms. The van der Waals surface area contributed by atoms with Crippen LogP contribution >= 0.6 is 0 Å². The average molecular weight is 245 g/mol. The molecule has 0 unspecified atom stereocenters. The molecule has 5 heteroatoms. The minimum atomic E-state index is 0.162. The van der Waals surface area contributed by atoms with Gasteiger partial charge in [-0.1, -0.05) is 13.8 Å². The number of rotatable bonds is 4. The Morgan fingerprint density at radius 2 is 2.06 bits per heavy atom. The molecule has 0 saturated heterocycles. The van der Waals surface area contributed by atoms with Crippen LogP contribution in [0, 0.1) is 17.4 Å². The molecule has 1 atom stereocenters. The molecule has 96 valence electrons. The summed E-state index contributed by atoms with van der Waals surface area (Å²) in [6.07, 6.45) is 6.24. The number of pyridine rings is 1. The van der Waals surface area contributed by atoms with Gasteiger partial charge in [-0.05, 0) is 31.4 Å². The number of hydrogen-bond acceptors (Lipinski definition) is 3. The molecule has 0 bridgehead atoms. The van der Waals surface area contributed by atoms with Gasteiger partial charge in [-0.25, -0.2) is 4.99 Å². The summed E-state index contributed by atoms with van der Waals surface area (Å²) < 4.78 is 0. The molecule has 0 amide bonds. The van der Waals surface area contributed by atoms with Gasteiger partial charge < -0.3 is 5.32 Å². The number of guanidine groups is 1. The van der Waals surface area contributed by atoms with Gasteiger partial charge in [0.1, 0.15) is 0 Å². The van der Waals surface area contributed by atoms with Gasteiger partial charge in [0.2, 0.25) is 5.96 Å². The van der Waals surface area contributed by atoms with Crippen molar-refractivity contribution in [3.8, 4) is 6.19 Å². The third-order valence-electron chi connectivity index (χ3n) is 2.28. The van der Waals surface area contributed by atoms with Crippen LogP contribution in [0.2, 0.25) is 0 Å². The molecule has 5 nitrogen and oxygen atoms in total. The number of aliphatic imine (C=N–C) groups is 1. The number of anilines is 1. The second kappa shape index (κ2) is 7.28. The van der Waals surface area contributed by atoms with Gasteiger partial charge in [0.15, 0.2) is 6.19 Å². The van der Waals surface area contributed by atoms with Crippen LogP contribution in [0.15, 0.2) is 29.5 Å². The van der Waals surface area contributed by atoms with Crippen LogP contribution < -0.4 is 10.6 Å². The van der Waals surface area contributed by atoms with Gasteiger partial charge in [0.05, 0.1) is 6.04 Å². The fourth-order valence-electron chi connectivity index (χ4n) is 1.68. The highest BCUT2D eigenvalue weighted by molar-refractivity contribution is 5.94. The molecule has 1 rings (SSSR count). The number of aromatic nitrogens is 1. The number of nitriles is 1. The van der Waals surface area contributed by atoms with Crippen LogP contribution in [0.3, 0.4) is 0 Å². The fraction of sp³-hybridized carbons (Fsp3) is 0.462. The molecular weight excluding hydrogens is 226 g/mol. The Labute approximate surface area is 108 Å². The van der Waals surface area contributed by atoms with E-state index in [0.29, 0.717) is 11.9 Å². The van der Waals surface area contributed by atoms with Crippen molar-refractivity contribution in [1.82, 2.24) is 10.3 Å². The summed E-state index contributed by atoms with van der Waals surface area (Å²) in [5, 5.41) is 14.3. The molecule has 0 spiro atoms. The first kappa shape index (κ1) is 14.0. The first-order valence-electron chi connectivity index (χ1n) is 6.01. The lowest BCUT2D eigenvalue weighted by Crippen LogP contribution is -2.28. The lowest BCUT2D eigenvalue weighted by Gasteiger charge is -2.13. The highest BCUT2D eigenvalue weighted by Gasteiger charge is 2.06. The lowest BCUT2D eigenvalue weighted by atomic mass is 10.1.